The molecule has 5 rings (SSSR count). The van der Waals surface area contributed by atoms with E-state index in [1.165, 1.54) is 4.90 Å². The molecule has 0 radical (unpaired) electrons. The summed E-state index contributed by atoms with van der Waals surface area (Å²) in [5.41, 5.74) is 11.9. The molecule has 6 nitrogen and oxygen atoms in total. The number of likely N-dealkylation sites (tertiary alicyclic amines) is 1. The molecular formula is C26H24N2O4. The van der Waals surface area contributed by atoms with E-state index in [1.54, 1.807) is 18.2 Å². The van der Waals surface area contributed by atoms with Crippen molar-refractivity contribution >= 4 is 17.7 Å². The maximum Gasteiger partial charge on any atom is 0.409 e. The lowest BCUT2D eigenvalue weighted by atomic mass is 9.89. The number of nitrogens with two attached hydrogens (primary N) is 1. The van der Waals surface area contributed by atoms with Crippen LogP contribution in [0.1, 0.15) is 28.5 Å². The Morgan fingerprint density at radius 2 is 1.59 bits per heavy atom. The molecule has 0 spiro atoms. The lowest BCUT2D eigenvalue weighted by Gasteiger charge is -2.19. The third-order valence-corrected chi connectivity index (χ3v) is 6.57. The molecule has 3 aromatic rings. The zero-order valence-electron chi connectivity index (χ0n) is 17.5. The molecule has 2 aliphatic rings. The van der Waals surface area contributed by atoms with Crippen molar-refractivity contribution in [2.45, 2.75) is 11.8 Å². The Balaban J connectivity index is 1.32. The molecule has 2 atom stereocenters. The zero-order valence-corrected chi connectivity index (χ0v) is 17.5. The minimum absolute atomic E-state index is 0.0334. The van der Waals surface area contributed by atoms with Gasteiger partial charge >= 0.3 is 12.1 Å². The van der Waals surface area contributed by atoms with E-state index >= 15 is 0 Å². The van der Waals surface area contributed by atoms with Gasteiger partial charge in [0.1, 0.15) is 6.61 Å². The third-order valence-electron chi connectivity index (χ3n) is 6.57. The molecule has 1 amide bonds. The van der Waals surface area contributed by atoms with Gasteiger partial charge < -0.3 is 20.5 Å². The molecule has 3 N–H and O–H groups in total. The van der Waals surface area contributed by atoms with Gasteiger partial charge in [0.25, 0.3) is 0 Å². The summed E-state index contributed by atoms with van der Waals surface area (Å²) in [6.07, 6.45) is -0.482. The number of nitrogen functional groups attached to an aromatic ring is 1. The Morgan fingerprint density at radius 3 is 2.22 bits per heavy atom. The number of carboxylic acid groups (broad SMARTS) is 1. The Morgan fingerprint density at radius 1 is 0.938 bits per heavy atom. The van der Waals surface area contributed by atoms with E-state index < -0.39 is 18.0 Å². The number of ether oxygens (including phenoxy) is 1. The Hall–Kier alpha value is -3.80. The Kier molecular flexibility index (Phi) is 5.05. The molecule has 1 aliphatic carbocycles. The predicted molar refractivity (Wildman–Crippen MR) is 121 cm³/mol. The van der Waals surface area contributed by atoms with Crippen molar-refractivity contribution in [3.05, 3.63) is 89.5 Å². The number of carbonyl (C=O) groups excluding carboxylic acids is 1. The van der Waals surface area contributed by atoms with Crippen molar-refractivity contribution in [2.24, 2.45) is 5.92 Å². The van der Waals surface area contributed by atoms with Gasteiger partial charge in [-0.15, -0.1) is 0 Å². The first kappa shape index (κ1) is 20.1. The second kappa shape index (κ2) is 8.04. The first-order chi connectivity index (χ1) is 15.5. The zero-order chi connectivity index (χ0) is 22.2. The van der Waals surface area contributed by atoms with Gasteiger partial charge in [0.2, 0.25) is 0 Å². The molecule has 1 heterocycles. The topological polar surface area (TPSA) is 92.9 Å². The minimum Gasteiger partial charge on any atom is -0.481 e. The van der Waals surface area contributed by atoms with Crippen LogP contribution in [0, 0.1) is 5.92 Å². The standard InChI is InChI=1S/C26H24N2O4/c27-17-7-5-6-16(12-17)22-13-28(14-23(22)25(29)30)26(31)32-15-24-20-10-3-1-8-18(20)19-9-2-4-11-21(19)24/h1-12,22-24H,13-15,27H2,(H,29,30). The Bertz CT molecular complexity index is 1150. The summed E-state index contributed by atoms with van der Waals surface area (Å²) >= 11 is 0. The minimum atomic E-state index is -0.925. The molecular weight excluding hydrogens is 404 g/mol. The van der Waals surface area contributed by atoms with E-state index in [0.29, 0.717) is 5.69 Å². The van der Waals surface area contributed by atoms with Gasteiger partial charge in [-0.2, -0.15) is 0 Å². The number of carboxylic acids is 1. The highest BCUT2D eigenvalue weighted by Crippen LogP contribution is 2.44. The summed E-state index contributed by atoms with van der Waals surface area (Å²) in [6.45, 7) is 0.618. The van der Waals surface area contributed by atoms with E-state index in [1.807, 2.05) is 30.3 Å². The largest absolute Gasteiger partial charge is 0.481 e. The second-order valence-electron chi connectivity index (χ2n) is 8.43. The quantitative estimate of drug-likeness (QED) is 0.604. The van der Waals surface area contributed by atoms with Crippen LogP contribution in [0.2, 0.25) is 0 Å². The van der Waals surface area contributed by atoms with Crippen LogP contribution in [0.25, 0.3) is 11.1 Å². The summed E-state index contributed by atoms with van der Waals surface area (Å²) < 4.78 is 5.73. The van der Waals surface area contributed by atoms with Crippen molar-refractivity contribution in [1.82, 2.24) is 4.90 Å². The van der Waals surface area contributed by atoms with Gasteiger partial charge in [-0.1, -0.05) is 60.7 Å². The highest BCUT2D eigenvalue weighted by atomic mass is 16.6. The van der Waals surface area contributed by atoms with Crippen molar-refractivity contribution < 1.29 is 19.4 Å². The van der Waals surface area contributed by atoms with Crippen LogP contribution in [0.3, 0.4) is 0 Å². The van der Waals surface area contributed by atoms with Crippen molar-refractivity contribution in [2.75, 3.05) is 25.4 Å². The van der Waals surface area contributed by atoms with E-state index in [2.05, 4.69) is 24.3 Å². The highest BCUT2D eigenvalue weighted by molar-refractivity contribution is 5.79. The fourth-order valence-electron chi connectivity index (χ4n) is 5.02. The molecule has 6 heteroatoms. The lowest BCUT2D eigenvalue weighted by Crippen LogP contribution is -2.31. The van der Waals surface area contributed by atoms with Gasteiger partial charge in [-0.3, -0.25) is 4.79 Å². The molecule has 0 aromatic heterocycles. The van der Waals surface area contributed by atoms with Crippen LogP contribution in [0.15, 0.2) is 72.8 Å². The number of amides is 1. The molecule has 162 valence electrons. The summed E-state index contributed by atoms with van der Waals surface area (Å²) in [6, 6.07) is 23.5. The first-order valence-corrected chi connectivity index (χ1v) is 10.7. The van der Waals surface area contributed by atoms with Crippen LogP contribution >= 0.6 is 0 Å². The van der Waals surface area contributed by atoms with Gasteiger partial charge in [-0.05, 0) is 39.9 Å². The molecule has 1 saturated heterocycles. The number of hydrogen-bond acceptors (Lipinski definition) is 4. The number of aliphatic carboxylic acids is 1. The van der Waals surface area contributed by atoms with E-state index in [4.69, 9.17) is 10.5 Å². The highest BCUT2D eigenvalue weighted by Gasteiger charge is 2.41. The van der Waals surface area contributed by atoms with Crippen LogP contribution in [0.5, 0.6) is 0 Å². The summed E-state index contributed by atoms with van der Waals surface area (Å²) in [4.78, 5) is 26.3. The summed E-state index contributed by atoms with van der Waals surface area (Å²) in [7, 11) is 0. The number of anilines is 1. The fraction of sp³-hybridized carbons (Fsp3) is 0.231. The van der Waals surface area contributed by atoms with Crippen molar-refractivity contribution in [1.29, 1.82) is 0 Å². The smallest absolute Gasteiger partial charge is 0.409 e. The second-order valence-corrected chi connectivity index (χ2v) is 8.43. The number of fused-ring (bicyclic) bond motifs is 3. The molecule has 3 aromatic carbocycles. The maximum atomic E-state index is 12.9. The van der Waals surface area contributed by atoms with Crippen LogP contribution in [0.4, 0.5) is 10.5 Å². The van der Waals surface area contributed by atoms with E-state index in [0.717, 1.165) is 27.8 Å². The first-order valence-electron chi connectivity index (χ1n) is 10.7. The molecule has 1 fully saturated rings. The van der Waals surface area contributed by atoms with E-state index in [9.17, 15) is 14.7 Å². The van der Waals surface area contributed by atoms with Gasteiger partial charge in [0, 0.05) is 30.6 Å². The monoisotopic (exact) mass is 428 g/mol. The Labute approximate surface area is 186 Å². The number of nitrogens with zero attached hydrogens (tertiary/aromatic N) is 1. The summed E-state index contributed by atoms with van der Waals surface area (Å²) in [5.74, 6) is -1.98. The molecule has 2 unspecified atom stereocenters. The van der Waals surface area contributed by atoms with Crippen molar-refractivity contribution in [3.63, 3.8) is 0 Å². The normalized spacial score (nSPS) is 19.4. The fourth-order valence-corrected chi connectivity index (χ4v) is 5.02. The number of hydrogen-bond donors (Lipinski definition) is 2. The number of rotatable bonds is 4. The SMILES string of the molecule is Nc1cccc(C2CN(C(=O)OCC3c4ccccc4-c4ccccc43)CC2C(=O)O)c1. The van der Waals surface area contributed by atoms with Gasteiger partial charge in [-0.25, -0.2) is 4.79 Å². The van der Waals surface area contributed by atoms with Crippen molar-refractivity contribution in [3.8, 4) is 11.1 Å². The number of carbonyl (C=O) groups is 2. The third kappa shape index (κ3) is 3.47. The van der Waals surface area contributed by atoms with Gasteiger partial charge in [0.05, 0.1) is 5.92 Å². The van der Waals surface area contributed by atoms with Gasteiger partial charge in [0.15, 0.2) is 0 Å². The lowest BCUT2D eigenvalue weighted by molar-refractivity contribution is -0.141. The predicted octanol–water partition coefficient (Wildman–Crippen LogP) is 4.32. The number of benzene rings is 3. The molecule has 1 aliphatic heterocycles. The molecule has 0 saturated carbocycles. The van der Waals surface area contributed by atoms with Crippen LogP contribution in [-0.2, 0) is 9.53 Å². The summed E-state index contributed by atoms with van der Waals surface area (Å²) in [5, 5.41) is 9.72. The van der Waals surface area contributed by atoms with E-state index in [-0.39, 0.29) is 31.5 Å². The average molecular weight is 428 g/mol. The molecule has 0 bridgehead atoms. The average Bonchev–Trinajstić information content (AvgIpc) is 3.38. The maximum absolute atomic E-state index is 12.9. The van der Waals surface area contributed by atoms with Crippen LogP contribution < -0.4 is 5.73 Å². The van der Waals surface area contributed by atoms with Crippen LogP contribution in [-0.4, -0.2) is 41.8 Å². The molecule has 32 heavy (non-hydrogen) atoms.